The smallest absolute Gasteiger partial charge is 0.191 e. The van der Waals surface area contributed by atoms with E-state index >= 15 is 0 Å². The molecule has 6 heteroatoms. The largest absolute Gasteiger partial charge is 0.305 e. The van der Waals surface area contributed by atoms with Crippen LogP contribution in [0.25, 0.3) is 11.4 Å². The average molecular weight is 300 g/mol. The summed E-state index contributed by atoms with van der Waals surface area (Å²) in [6, 6.07) is 12.4. The van der Waals surface area contributed by atoms with Gasteiger partial charge < -0.3 is 4.57 Å². The van der Waals surface area contributed by atoms with Crippen molar-refractivity contribution in [2.45, 2.75) is 10.9 Å². The summed E-state index contributed by atoms with van der Waals surface area (Å²) in [7, 11) is 1.84. The van der Waals surface area contributed by atoms with Crippen LogP contribution in [0.1, 0.15) is 5.69 Å². The lowest BCUT2D eigenvalue weighted by Gasteiger charge is -2.04. The molecule has 4 nitrogen and oxygen atoms in total. The summed E-state index contributed by atoms with van der Waals surface area (Å²) in [5.41, 5.74) is 1.43. The van der Waals surface area contributed by atoms with E-state index < -0.39 is 0 Å². The van der Waals surface area contributed by atoms with Crippen LogP contribution in [0.15, 0.2) is 53.8 Å². The Morgan fingerprint density at radius 3 is 2.67 bits per heavy atom. The summed E-state index contributed by atoms with van der Waals surface area (Å²) in [4.78, 5) is 4.26. The van der Waals surface area contributed by atoms with E-state index in [0.29, 0.717) is 17.1 Å². The molecule has 0 bridgehead atoms. The van der Waals surface area contributed by atoms with E-state index in [1.807, 2.05) is 25.2 Å². The van der Waals surface area contributed by atoms with Gasteiger partial charge in [0.05, 0.1) is 11.3 Å². The van der Waals surface area contributed by atoms with Gasteiger partial charge in [-0.1, -0.05) is 30.0 Å². The van der Waals surface area contributed by atoms with Gasteiger partial charge in [0.15, 0.2) is 11.0 Å². The van der Waals surface area contributed by atoms with Crippen LogP contribution in [0.3, 0.4) is 0 Å². The number of hydrogen-bond donors (Lipinski definition) is 0. The lowest BCUT2D eigenvalue weighted by Crippen LogP contribution is -1.97. The first kappa shape index (κ1) is 13.8. The molecule has 0 atom stereocenters. The molecule has 0 saturated heterocycles. The Labute approximate surface area is 126 Å². The lowest BCUT2D eigenvalue weighted by atomic mass is 10.2. The van der Waals surface area contributed by atoms with Crippen LogP contribution in [-0.4, -0.2) is 19.7 Å². The SMILES string of the molecule is Cn1c(SCc2ccccn2)nnc1-c1ccccc1F. The number of hydrogen-bond acceptors (Lipinski definition) is 4. The maximum Gasteiger partial charge on any atom is 0.191 e. The zero-order valence-corrected chi connectivity index (χ0v) is 12.2. The van der Waals surface area contributed by atoms with Crippen molar-refractivity contribution < 1.29 is 4.39 Å². The normalized spacial score (nSPS) is 10.8. The number of pyridine rings is 1. The van der Waals surface area contributed by atoms with Gasteiger partial charge in [0.1, 0.15) is 5.82 Å². The van der Waals surface area contributed by atoms with Crippen LogP contribution in [0.2, 0.25) is 0 Å². The summed E-state index contributed by atoms with van der Waals surface area (Å²) >= 11 is 1.53. The summed E-state index contributed by atoms with van der Waals surface area (Å²) < 4.78 is 15.6. The fourth-order valence-corrected chi connectivity index (χ4v) is 2.77. The summed E-state index contributed by atoms with van der Waals surface area (Å²) in [5.74, 6) is 0.926. The van der Waals surface area contributed by atoms with Gasteiger partial charge in [0.2, 0.25) is 0 Å². The van der Waals surface area contributed by atoms with E-state index in [9.17, 15) is 4.39 Å². The molecular formula is C15H13FN4S. The monoisotopic (exact) mass is 300 g/mol. The molecule has 0 amide bonds. The summed E-state index contributed by atoms with van der Waals surface area (Å²) in [5, 5.41) is 8.96. The van der Waals surface area contributed by atoms with Crippen LogP contribution in [0.5, 0.6) is 0 Å². The first-order valence-corrected chi connectivity index (χ1v) is 7.41. The van der Waals surface area contributed by atoms with Crippen molar-refractivity contribution in [3.8, 4) is 11.4 Å². The van der Waals surface area contributed by atoms with Crippen molar-refractivity contribution in [3.63, 3.8) is 0 Å². The number of halogens is 1. The van der Waals surface area contributed by atoms with Gasteiger partial charge in [-0.3, -0.25) is 4.98 Å². The van der Waals surface area contributed by atoms with Gasteiger partial charge in [-0.2, -0.15) is 0 Å². The van der Waals surface area contributed by atoms with Crippen molar-refractivity contribution in [1.29, 1.82) is 0 Å². The lowest BCUT2D eigenvalue weighted by molar-refractivity contribution is 0.628. The second-order valence-electron chi connectivity index (χ2n) is 4.45. The van der Waals surface area contributed by atoms with Gasteiger partial charge in [0.25, 0.3) is 0 Å². The van der Waals surface area contributed by atoms with Crippen LogP contribution in [0.4, 0.5) is 4.39 Å². The topological polar surface area (TPSA) is 43.6 Å². The Morgan fingerprint density at radius 2 is 1.90 bits per heavy atom. The highest BCUT2D eigenvalue weighted by molar-refractivity contribution is 7.98. The maximum absolute atomic E-state index is 13.8. The number of benzene rings is 1. The number of nitrogens with zero attached hydrogens (tertiary/aromatic N) is 4. The standard InChI is InChI=1S/C15H13FN4S/c1-20-14(12-7-2-3-8-13(12)16)18-19-15(20)21-10-11-6-4-5-9-17-11/h2-9H,10H2,1H3. The van der Waals surface area contributed by atoms with Crippen LogP contribution >= 0.6 is 11.8 Å². The fourth-order valence-electron chi connectivity index (χ4n) is 1.94. The molecule has 3 rings (SSSR count). The highest BCUT2D eigenvalue weighted by Crippen LogP contribution is 2.26. The van der Waals surface area contributed by atoms with Crippen molar-refractivity contribution in [2.24, 2.45) is 7.05 Å². The molecule has 2 aromatic heterocycles. The van der Waals surface area contributed by atoms with Crippen LogP contribution in [0, 0.1) is 5.82 Å². The minimum absolute atomic E-state index is 0.297. The van der Waals surface area contributed by atoms with Gasteiger partial charge in [-0.25, -0.2) is 4.39 Å². The number of aromatic nitrogens is 4. The molecule has 21 heavy (non-hydrogen) atoms. The molecule has 0 unspecified atom stereocenters. The van der Waals surface area contributed by atoms with Crippen LogP contribution in [-0.2, 0) is 12.8 Å². The predicted molar refractivity (Wildman–Crippen MR) is 80.2 cm³/mol. The molecule has 0 fully saturated rings. The van der Waals surface area contributed by atoms with E-state index in [4.69, 9.17) is 0 Å². The maximum atomic E-state index is 13.8. The number of rotatable bonds is 4. The van der Waals surface area contributed by atoms with Crippen molar-refractivity contribution >= 4 is 11.8 Å². The molecule has 2 heterocycles. The van der Waals surface area contributed by atoms with Gasteiger partial charge in [-0.05, 0) is 24.3 Å². The van der Waals surface area contributed by atoms with E-state index in [1.54, 1.807) is 29.0 Å². The Bertz CT molecular complexity index is 742. The fraction of sp³-hybridized carbons (Fsp3) is 0.133. The zero-order valence-electron chi connectivity index (χ0n) is 11.4. The van der Waals surface area contributed by atoms with E-state index in [1.165, 1.54) is 17.8 Å². The van der Waals surface area contributed by atoms with E-state index in [2.05, 4.69) is 15.2 Å². The second kappa shape index (κ2) is 6.05. The molecule has 0 radical (unpaired) electrons. The quantitative estimate of drug-likeness (QED) is 0.693. The minimum Gasteiger partial charge on any atom is -0.305 e. The van der Waals surface area contributed by atoms with Crippen molar-refractivity contribution in [1.82, 2.24) is 19.7 Å². The third kappa shape index (κ3) is 2.95. The third-order valence-corrected chi connectivity index (χ3v) is 4.08. The Kier molecular flexibility index (Phi) is 3.96. The third-order valence-electron chi connectivity index (χ3n) is 3.02. The van der Waals surface area contributed by atoms with Gasteiger partial charge >= 0.3 is 0 Å². The van der Waals surface area contributed by atoms with Crippen molar-refractivity contribution in [2.75, 3.05) is 0 Å². The highest BCUT2D eigenvalue weighted by atomic mass is 32.2. The molecular weight excluding hydrogens is 287 g/mol. The first-order chi connectivity index (χ1) is 10.3. The molecule has 0 aliphatic heterocycles. The van der Waals surface area contributed by atoms with E-state index in [0.717, 1.165) is 10.9 Å². The summed E-state index contributed by atoms with van der Waals surface area (Å²) in [6.45, 7) is 0. The minimum atomic E-state index is -0.297. The molecule has 0 aliphatic carbocycles. The molecule has 0 saturated carbocycles. The Morgan fingerprint density at radius 1 is 1.10 bits per heavy atom. The molecule has 106 valence electrons. The zero-order chi connectivity index (χ0) is 14.7. The molecule has 3 aromatic rings. The van der Waals surface area contributed by atoms with Gasteiger partial charge in [0, 0.05) is 19.0 Å². The number of thioether (sulfide) groups is 1. The molecule has 1 aromatic carbocycles. The Balaban J connectivity index is 1.82. The van der Waals surface area contributed by atoms with E-state index in [-0.39, 0.29) is 5.82 Å². The van der Waals surface area contributed by atoms with Crippen molar-refractivity contribution in [3.05, 3.63) is 60.2 Å². The Hall–Kier alpha value is -2.21. The second-order valence-corrected chi connectivity index (χ2v) is 5.40. The van der Waals surface area contributed by atoms with Crippen LogP contribution < -0.4 is 0 Å². The molecule has 0 spiro atoms. The highest BCUT2D eigenvalue weighted by Gasteiger charge is 2.14. The molecule has 0 N–H and O–H groups in total. The average Bonchev–Trinajstić information content (AvgIpc) is 2.88. The van der Waals surface area contributed by atoms with Gasteiger partial charge in [-0.15, -0.1) is 10.2 Å². The predicted octanol–water partition coefficient (Wildman–Crippen LogP) is 3.31. The first-order valence-electron chi connectivity index (χ1n) is 6.42. The summed E-state index contributed by atoms with van der Waals surface area (Å²) in [6.07, 6.45) is 1.76. The molecule has 0 aliphatic rings.